The van der Waals surface area contributed by atoms with Crippen molar-refractivity contribution in [2.45, 2.75) is 26.4 Å². The van der Waals surface area contributed by atoms with E-state index in [2.05, 4.69) is 5.32 Å². The molecule has 4 nitrogen and oxygen atoms in total. The van der Waals surface area contributed by atoms with Crippen LogP contribution in [0.5, 0.6) is 0 Å². The third kappa shape index (κ3) is 5.21. The molecule has 2 rings (SSSR count). The standard InChI is InChI=1S/C18H18FNO3/c1-12-6-8-16(9-7-12)20-18(22)13(2)23-17(21)11-14-4-3-5-15(19)10-14/h3-10,13H,11H2,1-2H3,(H,20,22)/t13-/m1/s1. The van der Waals surface area contributed by atoms with Gasteiger partial charge in [0, 0.05) is 5.69 Å². The second kappa shape index (κ2) is 7.54. The van der Waals surface area contributed by atoms with Crippen LogP contribution < -0.4 is 5.32 Å². The summed E-state index contributed by atoms with van der Waals surface area (Å²) >= 11 is 0. The van der Waals surface area contributed by atoms with Gasteiger partial charge in [0.05, 0.1) is 6.42 Å². The molecule has 1 atom stereocenters. The fourth-order valence-electron chi connectivity index (χ4n) is 1.99. The van der Waals surface area contributed by atoms with Crippen molar-refractivity contribution in [1.82, 2.24) is 0 Å². The first-order valence-electron chi connectivity index (χ1n) is 7.25. The van der Waals surface area contributed by atoms with Crippen molar-refractivity contribution in [2.75, 3.05) is 5.32 Å². The van der Waals surface area contributed by atoms with Crippen LogP contribution in [0.3, 0.4) is 0 Å². The molecule has 0 radical (unpaired) electrons. The second-order valence-corrected chi connectivity index (χ2v) is 5.29. The van der Waals surface area contributed by atoms with E-state index in [4.69, 9.17) is 4.74 Å². The number of rotatable bonds is 5. The number of ether oxygens (including phenoxy) is 1. The molecule has 2 aromatic rings. The van der Waals surface area contributed by atoms with Crippen LogP contribution in [0.2, 0.25) is 0 Å². The van der Waals surface area contributed by atoms with Crippen molar-refractivity contribution in [1.29, 1.82) is 0 Å². The average molecular weight is 315 g/mol. The van der Waals surface area contributed by atoms with Crippen molar-refractivity contribution in [2.24, 2.45) is 0 Å². The molecular formula is C18H18FNO3. The van der Waals surface area contributed by atoms with Gasteiger partial charge in [0.15, 0.2) is 6.10 Å². The summed E-state index contributed by atoms with van der Waals surface area (Å²) in [7, 11) is 0. The molecule has 0 aliphatic carbocycles. The van der Waals surface area contributed by atoms with Crippen LogP contribution in [0.15, 0.2) is 48.5 Å². The maximum atomic E-state index is 13.1. The zero-order chi connectivity index (χ0) is 16.8. The van der Waals surface area contributed by atoms with Crippen LogP contribution in [-0.4, -0.2) is 18.0 Å². The van der Waals surface area contributed by atoms with E-state index in [0.29, 0.717) is 11.3 Å². The van der Waals surface area contributed by atoms with E-state index in [1.807, 2.05) is 19.1 Å². The number of nitrogens with one attached hydrogen (secondary N) is 1. The number of amides is 1. The summed E-state index contributed by atoms with van der Waals surface area (Å²) in [5.74, 6) is -1.41. The van der Waals surface area contributed by atoms with Crippen molar-refractivity contribution < 1.29 is 18.7 Å². The summed E-state index contributed by atoms with van der Waals surface area (Å²) in [6.45, 7) is 3.44. The minimum absolute atomic E-state index is 0.0834. The van der Waals surface area contributed by atoms with Crippen molar-refractivity contribution in [3.63, 3.8) is 0 Å². The Morgan fingerprint density at radius 3 is 2.52 bits per heavy atom. The van der Waals surface area contributed by atoms with E-state index in [9.17, 15) is 14.0 Å². The monoisotopic (exact) mass is 315 g/mol. The molecule has 5 heteroatoms. The Bertz CT molecular complexity index is 698. The number of halogens is 1. The molecule has 2 aromatic carbocycles. The molecule has 0 bridgehead atoms. The van der Waals surface area contributed by atoms with Crippen LogP contribution in [-0.2, 0) is 20.7 Å². The first-order valence-corrected chi connectivity index (χ1v) is 7.25. The number of benzene rings is 2. The predicted molar refractivity (Wildman–Crippen MR) is 85.5 cm³/mol. The Hall–Kier alpha value is -2.69. The lowest BCUT2D eigenvalue weighted by atomic mass is 10.1. The molecule has 0 fully saturated rings. The molecule has 0 heterocycles. The molecular weight excluding hydrogens is 297 g/mol. The van der Waals surface area contributed by atoms with Gasteiger partial charge in [-0.1, -0.05) is 29.8 Å². The topological polar surface area (TPSA) is 55.4 Å². The molecule has 23 heavy (non-hydrogen) atoms. The summed E-state index contributed by atoms with van der Waals surface area (Å²) in [5, 5.41) is 2.67. The first-order chi connectivity index (χ1) is 10.9. The minimum atomic E-state index is -0.933. The number of aryl methyl sites for hydroxylation is 1. The third-order valence-corrected chi connectivity index (χ3v) is 3.23. The zero-order valence-electron chi connectivity index (χ0n) is 13.0. The van der Waals surface area contributed by atoms with E-state index in [-0.39, 0.29) is 6.42 Å². The van der Waals surface area contributed by atoms with Gasteiger partial charge < -0.3 is 10.1 Å². The molecule has 1 amide bonds. The zero-order valence-corrected chi connectivity index (χ0v) is 13.0. The summed E-state index contributed by atoms with van der Waals surface area (Å²) in [5.41, 5.74) is 2.22. The number of anilines is 1. The molecule has 0 saturated heterocycles. The third-order valence-electron chi connectivity index (χ3n) is 3.23. The molecule has 0 aliphatic rings. The van der Waals surface area contributed by atoms with Crippen LogP contribution in [0.1, 0.15) is 18.1 Å². The molecule has 0 aliphatic heterocycles. The molecule has 120 valence electrons. The lowest BCUT2D eigenvalue weighted by Crippen LogP contribution is -2.30. The molecule has 0 saturated carbocycles. The number of carbonyl (C=O) groups excluding carboxylic acids is 2. The molecule has 0 spiro atoms. The van der Waals surface area contributed by atoms with Gasteiger partial charge in [-0.25, -0.2) is 4.39 Å². The van der Waals surface area contributed by atoms with Crippen molar-refractivity contribution >= 4 is 17.6 Å². The second-order valence-electron chi connectivity index (χ2n) is 5.29. The Labute approximate surface area is 134 Å². The van der Waals surface area contributed by atoms with Crippen molar-refractivity contribution in [3.8, 4) is 0 Å². The van der Waals surface area contributed by atoms with Crippen LogP contribution in [0.25, 0.3) is 0 Å². The Balaban J connectivity index is 1.87. The normalized spacial score (nSPS) is 11.6. The highest BCUT2D eigenvalue weighted by atomic mass is 19.1. The highest BCUT2D eigenvalue weighted by Gasteiger charge is 2.18. The minimum Gasteiger partial charge on any atom is -0.452 e. The summed E-state index contributed by atoms with van der Waals surface area (Å²) < 4.78 is 18.1. The quantitative estimate of drug-likeness (QED) is 0.862. The number of esters is 1. The van der Waals surface area contributed by atoms with Gasteiger partial charge in [-0.05, 0) is 43.7 Å². The van der Waals surface area contributed by atoms with Gasteiger partial charge in [0.2, 0.25) is 0 Å². The summed E-state index contributed by atoms with van der Waals surface area (Å²) in [6, 6.07) is 13.0. The maximum Gasteiger partial charge on any atom is 0.311 e. The van der Waals surface area contributed by atoms with Gasteiger partial charge in [-0.2, -0.15) is 0 Å². The van der Waals surface area contributed by atoms with E-state index in [1.54, 1.807) is 18.2 Å². The molecule has 0 unspecified atom stereocenters. The van der Waals surface area contributed by atoms with Gasteiger partial charge in [0.25, 0.3) is 5.91 Å². The molecule has 0 aromatic heterocycles. The smallest absolute Gasteiger partial charge is 0.311 e. The van der Waals surface area contributed by atoms with Crippen molar-refractivity contribution in [3.05, 3.63) is 65.5 Å². The summed E-state index contributed by atoms with van der Waals surface area (Å²) in [4.78, 5) is 23.8. The Morgan fingerprint density at radius 2 is 1.87 bits per heavy atom. The number of carbonyl (C=O) groups is 2. The van der Waals surface area contributed by atoms with Crippen LogP contribution in [0, 0.1) is 12.7 Å². The Morgan fingerprint density at radius 1 is 1.17 bits per heavy atom. The number of hydrogen-bond acceptors (Lipinski definition) is 3. The highest BCUT2D eigenvalue weighted by Crippen LogP contribution is 2.10. The van der Waals surface area contributed by atoms with Gasteiger partial charge in [0.1, 0.15) is 5.82 Å². The highest BCUT2D eigenvalue weighted by molar-refractivity contribution is 5.95. The number of hydrogen-bond donors (Lipinski definition) is 1. The van der Waals surface area contributed by atoms with Crippen LogP contribution in [0.4, 0.5) is 10.1 Å². The lowest BCUT2D eigenvalue weighted by Gasteiger charge is -2.13. The molecule has 1 N–H and O–H groups in total. The maximum absolute atomic E-state index is 13.1. The SMILES string of the molecule is Cc1ccc(NC(=O)[C@@H](C)OC(=O)Cc2cccc(F)c2)cc1. The fraction of sp³-hybridized carbons (Fsp3) is 0.222. The summed E-state index contributed by atoms with van der Waals surface area (Å²) in [6.07, 6.45) is -1.02. The predicted octanol–water partition coefficient (Wildman–Crippen LogP) is 3.25. The Kier molecular flexibility index (Phi) is 5.46. The first kappa shape index (κ1) is 16.7. The lowest BCUT2D eigenvalue weighted by molar-refractivity contribution is -0.152. The van der Waals surface area contributed by atoms with E-state index >= 15 is 0 Å². The van der Waals surface area contributed by atoms with E-state index in [0.717, 1.165) is 5.56 Å². The average Bonchev–Trinajstić information content (AvgIpc) is 2.49. The van der Waals surface area contributed by atoms with E-state index in [1.165, 1.54) is 25.1 Å². The largest absolute Gasteiger partial charge is 0.452 e. The van der Waals surface area contributed by atoms with Gasteiger partial charge in [-0.15, -0.1) is 0 Å². The van der Waals surface area contributed by atoms with E-state index < -0.39 is 23.8 Å². The fourth-order valence-corrected chi connectivity index (χ4v) is 1.99. The van der Waals surface area contributed by atoms with Gasteiger partial charge >= 0.3 is 5.97 Å². The van der Waals surface area contributed by atoms with Crippen LogP contribution >= 0.6 is 0 Å². The van der Waals surface area contributed by atoms with Gasteiger partial charge in [-0.3, -0.25) is 9.59 Å².